The molecule has 4 heteroatoms. The number of piperidine rings is 1. The second-order valence-corrected chi connectivity index (χ2v) is 6.60. The third-order valence-electron chi connectivity index (χ3n) is 4.47. The lowest BCUT2D eigenvalue weighted by molar-refractivity contribution is 0.578. The Bertz CT molecular complexity index is 676. The summed E-state index contributed by atoms with van der Waals surface area (Å²) in [6.07, 6.45) is 4.91. The average molecular weight is 340 g/mol. The normalized spacial score (nSPS) is 14.3. The van der Waals surface area contributed by atoms with Gasteiger partial charge in [-0.15, -0.1) is 0 Å². The van der Waals surface area contributed by atoms with Gasteiger partial charge in [-0.1, -0.05) is 31.2 Å². The van der Waals surface area contributed by atoms with E-state index in [9.17, 15) is 0 Å². The van der Waals surface area contributed by atoms with Gasteiger partial charge >= 0.3 is 0 Å². The van der Waals surface area contributed by atoms with E-state index < -0.39 is 0 Å². The molecule has 3 rings (SSSR count). The zero-order valence-electron chi connectivity index (χ0n) is 14.2. The van der Waals surface area contributed by atoms with Crippen LogP contribution in [0, 0.1) is 0 Å². The molecule has 0 amide bonds. The standard InChI is InChI=1S/C20H25N3S/c1-2-16-10-12-17(13-11-16)21-20(24)22-18-8-4-5-9-19(18)23-14-6-3-7-15-23/h4-5,8-13H,2-3,6-7,14-15H2,1H3,(H2,21,22,24). The van der Waals surface area contributed by atoms with Gasteiger partial charge in [-0.3, -0.25) is 0 Å². The molecule has 126 valence electrons. The summed E-state index contributed by atoms with van der Waals surface area (Å²) in [7, 11) is 0. The van der Waals surface area contributed by atoms with E-state index in [1.807, 2.05) is 0 Å². The van der Waals surface area contributed by atoms with E-state index in [0.29, 0.717) is 5.11 Å². The number of hydrogen-bond acceptors (Lipinski definition) is 2. The highest BCUT2D eigenvalue weighted by Gasteiger charge is 2.14. The lowest BCUT2D eigenvalue weighted by Gasteiger charge is -2.30. The fraction of sp³-hybridized carbons (Fsp3) is 0.350. The van der Waals surface area contributed by atoms with E-state index in [1.165, 1.54) is 30.5 Å². The minimum absolute atomic E-state index is 0.628. The number of anilines is 3. The molecule has 0 atom stereocenters. The number of para-hydroxylation sites is 2. The zero-order valence-corrected chi connectivity index (χ0v) is 15.0. The van der Waals surface area contributed by atoms with Crippen LogP contribution in [0.25, 0.3) is 0 Å². The van der Waals surface area contributed by atoms with Crippen molar-refractivity contribution in [3.05, 3.63) is 54.1 Å². The van der Waals surface area contributed by atoms with Crippen LogP contribution in [0.1, 0.15) is 31.7 Å². The quantitative estimate of drug-likeness (QED) is 0.762. The molecule has 2 aromatic rings. The Kier molecular flexibility index (Phi) is 5.70. The first-order valence-corrected chi connectivity index (χ1v) is 9.18. The van der Waals surface area contributed by atoms with Gasteiger partial charge in [-0.05, 0) is 67.7 Å². The van der Waals surface area contributed by atoms with E-state index in [0.717, 1.165) is 30.9 Å². The van der Waals surface area contributed by atoms with Gasteiger partial charge in [0.05, 0.1) is 11.4 Å². The zero-order chi connectivity index (χ0) is 16.8. The summed E-state index contributed by atoms with van der Waals surface area (Å²) in [5.74, 6) is 0. The molecule has 1 aliphatic rings. The van der Waals surface area contributed by atoms with Crippen LogP contribution in [0.4, 0.5) is 17.1 Å². The molecule has 2 aromatic carbocycles. The highest BCUT2D eigenvalue weighted by Crippen LogP contribution is 2.28. The van der Waals surface area contributed by atoms with Gasteiger partial charge in [0.1, 0.15) is 0 Å². The van der Waals surface area contributed by atoms with Gasteiger partial charge in [-0.2, -0.15) is 0 Å². The van der Waals surface area contributed by atoms with Crippen LogP contribution in [0.5, 0.6) is 0 Å². The molecular weight excluding hydrogens is 314 g/mol. The highest BCUT2D eigenvalue weighted by molar-refractivity contribution is 7.80. The summed E-state index contributed by atoms with van der Waals surface area (Å²) >= 11 is 5.50. The van der Waals surface area contributed by atoms with Gasteiger partial charge < -0.3 is 15.5 Å². The first-order valence-electron chi connectivity index (χ1n) is 8.77. The number of nitrogens with one attached hydrogen (secondary N) is 2. The van der Waals surface area contributed by atoms with Crippen molar-refractivity contribution >= 4 is 34.4 Å². The molecule has 0 saturated carbocycles. The van der Waals surface area contributed by atoms with E-state index in [2.05, 4.69) is 71.0 Å². The van der Waals surface area contributed by atoms with Gasteiger partial charge in [0, 0.05) is 18.8 Å². The molecule has 1 fully saturated rings. The maximum atomic E-state index is 5.50. The van der Waals surface area contributed by atoms with Crippen molar-refractivity contribution in [3.63, 3.8) is 0 Å². The van der Waals surface area contributed by atoms with E-state index in [-0.39, 0.29) is 0 Å². The number of hydrogen-bond donors (Lipinski definition) is 2. The molecule has 1 saturated heterocycles. The molecule has 3 nitrogen and oxygen atoms in total. The van der Waals surface area contributed by atoms with Crippen molar-refractivity contribution in [2.24, 2.45) is 0 Å². The van der Waals surface area contributed by atoms with Crippen molar-refractivity contribution in [1.82, 2.24) is 0 Å². The van der Waals surface area contributed by atoms with Gasteiger partial charge in [0.15, 0.2) is 5.11 Å². The molecule has 0 aliphatic carbocycles. The lowest BCUT2D eigenvalue weighted by Crippen LogP contribution is -2.30. The summed E-state index contributed by atoms with van der Waals surface area (Å²) in [4.78, 5) is 2.45. The number of nitrogens with zero attached hydrogens (tertiary/aromatic N) is 1. The predicted molar refractivity (Wildman–Crippen MR) is 108 cm³/mol. The van der Waals surface area contributed by atoms with Crippen LogP contribution in [-0.2, 0) is 6.42 Å². The smallest absolute Gasteiger partial charge is 0.175 e. The van der Waals surface area contributed by atoms with E-state index in [4.69, 9.17) is 12.2 Å². The van der Waals surface area contributed by atoms with Crippen molar-refractivity contribution in [1.29, 1.82) is 0 Å². The third-order valence-corrected chi connectivity index (χ3v) is 4.67. The number of thiocarbonyl (C=S) groups is 1. The van der Waals surface area contributed by atoms with Gasteiger partial charge in [0.25, 0.3) is 0 Å². The fourth-order valence-corrected chi connectivity index (χ4v) is 3.33. The van der Waals surface area contributed by atoms with Crippen LogP contribution in [-0.4, -0.2) is 18.2 Å². The molecule has 0 spiro atoms. The Balaban J connectivity index is 1.67. The minimum atomic E-state index is 0.628. The molecule has 0 aromatic heterocycles. The molecule has 2 N–H and O–H groups in total. The Morgan fingerprint density at radius 2 is 1.67 bits per heavy atom. The second-order valence-electron chi connectivity index (χ2n) is 6.19. The fourth-order valence-electron chi connectivity index (χ4n) is 3.10. The molecule has 1 heterocycles. The second kappa shape index (κ2) is 8.15. The monoisotopic (exact) mass is 339 g/mol. The van der Waals surface area contributed by atoms with E-state index >= 15 is 0 Å². The highest BCUT2D eigenvalue weighted by atomic mass is 32.1. The molecule has 0 radical (unpaired) electrons. The van der Waals surface area contributed by atoms with Crippen LogP contribution in [0.2, 0.25) is 0 Å². The van der Waals surface area contributed by atoms with Crippen molar-refractivity contribution in [2.75, 3.05) is 28.6 Å². The molecule has 0 bridgehead atoms. The van der Waals surface area contributed by atoms with Crippen molar-refractivity contribution in [2.45, 2.75) is 32.6 Å². The summed E-state index contributed by atoms with van der Waals surface area (Å²) in [6.45, 7) is 4.40. The van der Waals surface area contributed by atoms with Gasteiger partial charge in [-0.25, -0.2) is 0 Å². The maximum absolute atomic E-state index is 5.50. The maximum Gasteiger partial charge on any atom is 0.175 e. The largest absolute Gasteiger partial charge is 0.370 e. The summed E-state index contributed by atoms with van der Waals surface area (Å²) in [5, 5.41) is 7.27. The number of aryl methyl sites for hydroxylation is 1. The number of rotatable bonds is 4. The Labute approximate surface area is 150 Å². The minimum Gasteiger partial charge on any atom is -0.370 e. The van der Waals surface area contributed by atoms with E-state index in [1.54, 1.807) is 0 Å². The van der Waals surface area contributed by atoms with Crippen molar-refractivity contribution < 1.29 is 0 Å². The first-order chi connectivity index (χ1) is 11.8. The molecule has 0 unspecified atom stereocenters. The first kappa shape index (κ1) is 16.8. The third kappa shape index (κ3) is 4.26. The predicted octanol–water partition coefficient (Wildman–Crippen LogP) is 5.05. The van der Waals surface area contributed by atoms with Crippen molar-refractivity contribution in [3.8, 4) is 0 Å². The lowest BCUT2D eigenvalue weighted by atomic mass is 10.1. The van der Waals surface area contributed by atoms with Crippen LogP contribution < -0.4 is 15.5 Å². The SMILES string of the molecule is CCc1ccc(NC(=S)Nc2ccccc2N2CCCCC2)cc1. The number of benzene rings is 2. The molecule has 1 aliphatic heterocycles. The summed E-state index contributed by atoms with van der Waals surface area (Å²) in [5.41, 5.74) is 4.65. The molecular formula is C20H25N3S. The Morgan fingerprint density at radius 3 is 2.38 bits per heavy atom. The summed E-state index contributed by atoms with van der Waals surface area (Å²) < 4.78 is 0. The Morgan fingerprint density at radius 1 is 0.958 bits per heavy atom. The van der Waals surface area contributed by atoms with Gasteiger partial charge in [0.2, 0.25) is 0 Å². The van der Waals surface area contributed by atoms with Crippen LogP contribution in [0.15, 0.2) is 48.5 Å². The average Bonchev–Trinajstić information content (AvgIpc) is 2.63. The molecule has 24 heavy (non-hydrogen) atoms. The van der Waals surface area contributed by atoms with Crippen LogP contribution in [0.3, 0.4) is 0 Å². The topological polar surface area (TPSA) is 27.3 Å². The van der Waals surface area contributed by atoms with Crippen LogP contribution >= 0.6 is 12.2 Å². The summed E-state index contributed by atoms with van der Waals surface area (Å²) in [6, 6.07) is 16.8. The Hall–Kier alpha value is -2.07.